The number of anilines is 2. The summed E-state index contributed by atoms with van der Waals surface area (Å²) in [5.74, 6) is 0. The van der Waals surface area contributed by atoms with Crippen LogP contribution in [0.5, 0.6) is 0 Å². The minimum absolute atomic E-state index is 0.0551. The molecule has 1 aliphatic rings. The molecule has 2 N–H and O–H groups in total. The van der Waals surface area contributed by atoms with E-state index in [-0.39, 0.29) is 12.1 Å². The summed E-state index contributed by atoms with van der Waals surface area (Å²) in [5.41, 5.74) is 4.41. The molecule has 9 heteroatoms. The van der Waals surface area contributed by atoms with Crippen LogP contribution in [0.4, 0.5) is 11.4 Å². The second kappa shape index (κ2) is 7.98. The SMILES string of the molecule is Cc1cc(N2C(=S)N[C@H](c3ccccn3)[C@H]2c2sccc2C)ccc1NS(C)(=O)=O. The zero-order chi connectivity index (χ0) is 21.5. The van der Waals surface area contributed by atoms with Crippen LogP contribution in [-0.2, 0) is 10.0 Å². The topological polar surface area (TPSA) is 74.3 Å². The molecule has 3 aromatic rings. The standard InChI is InChI=1S/C21H22N4O2S3/c1-13-9-11-29-20(13)19-18(17-6-4-5-10-22-17)23-21(28)25(19)15-7-8-16(14(2)12-15)24-30(3,26)27/h4-12,18-19,24H,1-3H3,(H,23,28)/t18-,19+/m1/s1. The van der Waals surface area contributed by atoms with Crippen LogP contribution in [0.1, 0.15) is 33.8 Å². The number of nitrogens with one attached hydrogen (secondary N) is 2. The lowest BCUT2D eigenvalue weighted by Crippen LogP contribution is -2.29. The van der Waals surface area contributed by atoms with E-state index in [0.29, 0.717) is 10.8 Å². The van der Waals surface area contributed by atoms with Crippen LogP contribution in [0.3, 0.4) is 0 Å². The molecule has 1 aromatic carbocycles. The number of hydrogen-bond donors (Lipinski definition) is 2. The highest BCUT2D eigenvalue weighted by Crippen LogP contribution is 2.44. The summed E-state index contributed by atoms with van der Waals surface area (Å²) in [6, 6.07) is 13.5. The molecule has 0 saturated carbocycles. The number of nitrogens with zero attached hydrogens (tertiary/aromatic N) is 2. The van der Waals surface area contributed by atoms with Gasteiger partial charge < -0.3 is 10.2 Å². The fourth-order valence-corrected chi connectivity index (χ4v) is 5.73. The van der Waals surface area contributed by atoms with E-state index in [2.05, 4.69) is 38.3 Å². The first kappa shape index (κ1) is 20.8. The molecule has 2 aromatic heterocycles. The molecule has 1 saturated heterocycles. The van der Waals surface area contributed by atoms with Gasteiger partial charge in [-0.05, 0) is 79.0 Å². The Bertz CT molecular complexity index is 1190. The smallest absolute Gasteiger partial charge is 0.229 e. The quantitative estimate of drug-likeness (QED) is 0.555. The number of sulfonamides is 1. The highest BCUT2D eigenvalue weighted by atomic mass is 32.2. The average Bonchev–Trinajstić information content (AvgIpc) is 3.25. The second-order valence-corrected chi connectivity index (χ2v) is 10.4. The van der Waals surface area contributed by atoms with Crippen molar-refractivity contribution >= 4 is 50.1 Å². The van der Waals surface area contributed by atoms with Crippen LogP contribution >= 0.6 is 23.6 Å². The molecule has 1 fully saturated rings. The molecule has 2 atom stereocenters. The summed E-state index contributed by atoms with van der Waals surface area (Å²) in [7, 11) is -3.35. The zero-order valence-corrected chi connectivity index (χ0v) is 19.2. The van der Waals surface area contributed by atoms with Gasteiger partial charge in [-0.15, -0.1) is 11.3 Å². The fourth-order valence-electron chi connectivity index (χ4n) is 3.70. The van der Waals surface area contributed by atoms with Crippen molar-refractivity contribution in [2.24, 2.45) is 0 Å². The van der Waals surface area contributed by atoms with E-state index < -0.39 is 10.0 Å². The monoisotopic (exact) mass is 458 g/mol. The molecule has 0 spiro atoms. The Hall–Kier alpha value is -2.49. The molecule has 156 valence electrons. The summed E-state index contributed by atoms with van der Waals surface area (Å²) in [6.45, 7) is 3.98. The number of aryl methyl sites for hydroxylation is 2. The minimum Gasteiger partial charge on any atom is -0.351 e. The van der Waals surface area contributed by atoms with E-state index in [0.717, 1.165) is 23.2 Å². The molecule has 0 unspecified atom stereocenters. The molecular formula is C21H22N4O2S3. The van der Waals surface area contributed by atoms with Crippen molar-refractivity contribution in [3.63, 3.8) is 0 Å². The van der Waals surface area contributed by atoms with Crippen LogP contribution in [-0.4, -0.2) is 24.8 Å². The van der Waals surface area contributed by atoms with Gasteiger partial charge in [-0.1, -0.05) is 6.07 Å². The van der Waals surface area contributed by atoms with Gasteiger partial charge in [0.1, 0.15) is 0 Å². The molecular weight excluding hydrogens is 436 g/mol. The Morgan fingerprint density at radius 1 is 1.17 bits per heavy atom. The number of benzene rings is 1. The largest absolute Gasteiger partial charge is 0.351 e. The van der Waals surface area contributed by atoms with Crippen molar-refractivity contribution in [1.29, 1.82) is 0 Å². The van der Waals surface area contributed by atoms with E-state index in [4.69, 9.17) is 12.2 Å². The lowest BCUT2D eigenvalue weighted by Gasteiger charge is -2.28. The third kappa shape index (κ3) is 4.05. The lowest BCUT2D eigenvalue weighted by molar-refractivity contribution is 0.573. The molecule has 1 aliphatic heterocycles. The number of aromatic nitrogens is 1. The number of rotatable bonds is 5. The van der Waals surface area contributed by atoms with Crippen molar-refractivity contribution in [3.8, 4) is 0 Å². The van der Waals surface area contributed by atoms with Gasteiger partial charge in [0.15, 0.2) is 5.11 Å². The van der Waals surface area contributed by atoms with E-state index in [1.807, 2.05) is 37.3 Å². The molecule has 6 nitrogen and oxygen atoms in total. The summed E-state index contributed by atoms with van der Waals surface area (Å²) in [6.07, 6.45) is 2.93. The molecule has 0 radical (unpaired) electrons. The third-order valence-electron chi connectivity index (χ3n) is 5.05. The minimum atomic E-state index is -3.35. The maximum atomic E-state index is 11.6. The van der Waals surface area contributed by atoms with Gasteiger partial charge >= 0.3 is 0 Å². The molecule has 3 heterocycles. The fraction of sp³-hybridized carbons (Fsp3) is 0.238. The first-order valence-corrected chi connectivity index (χ1v) is 12.6. The first-order chi connectivity index (χ1) is 14.2. The van der Waals surface area contributed by atoms with Crippen molar-refractivity contribution in [2.75, 3.05) is 15.9 Å². The van der Waals surface area contributed by atoms with Gasteiger partial charge in [-0.3, -0.25) is 9.71 Å². The predicted octanol–water partition coefficient (Wildman–Crippen LogP) is 4.31. The maximum Gasteiger partial charge on any atom is 0.229 e. The van der Waals surface area contributed by atoms with Crippen molar-refractivity contribution in [3.05, 3.63) is 75.7 Å². The van der Waals surface area contributed by atoms with E-state index >= 15 is 0 Å². The summed E-state index contributed by atoms with van der Waals surface area (Å²) in [5, 5.41) is 6.15. The Morgan fingerprint density at radius 3 is 2.57 bits per heavy atom. The number of thiocarbonyl (C=S) groups is 1. The van der Waals surface area contributed by atoms with E-state index in [1.54, 1.807) is 23.6 Å². The van der Waals surface area contributed by atoms with Gasteiger partial charge in [0.25, 0.3) is 0 Å². The van der Waals surface area contributed by atoms with Gasteiger partial charge in [-0.25, -0.2) is 8.42 Å². The van der Waals surface area contributed by atoms with Gasteiger partial charge in [-0.2, -0.15) is 0 Å². The summed E-state index contributed by atoms with van der Waals surface area (Å²) < 4.78 is 25.8. The number of thiophene rings is 1. The van der Waals surface area contributed by atoms with Crippen molar-refractivity contribution in [2.45, 2.75) is 25.9 Å². The van der Waals surface area contributed by atoms with E-state index in [9.17, 15) is 8.42 Å². The van der Waals surface area contributed by atoms with E-state index in [1.165, 1.54) is 10.4 Å². The number of pyridine rings is 1. The molecule has 0 aliphatic carbocycles. The summed E-state index contributed by atoms with van der Waals surface area (Å²) >= 11 is 7.44. The summed E-state index contributed by atoms with van der Waals surface area (Å²) in [4.78, 5) is 7.88. The molecule has 0 amide bonds. The molecule has 0 bridgehead atoms. The normalized spacial score (nSPS) is 19.0. The first-order valence-electron chi connectivity index (χ1n) is 9.37. The van der Waals surface area contributed by atoms with Crippen LogP contribution < -0.4 is 14.9 Å². The Labute approximate surface area is 186 Å². The third-order valence-corrected chi connectivity index (χ3v) is 7.05. The highest BCUT2D eigenvalue weighted by molar-refractivity contribution is 7.92. The molecule has 30 heavy (non-hydrogen) atoms. The Balaban J connectivity index is 1.79. The average molecular weight is 459 g/mol. The zero-order valence-electron chi connectivity index (χ0n) is 16.8. The van der Waals surface area contributed by atoms with Crippen LogP contribution in [0.15, 0.2) is 54.0 Å². The number of hydrogen-bond acceptors (Lipinski definition) is 5. The van der Waals surface area contributed by atoms with Crippen LogP contribution in [0.25, 0.3) is 0 Å². The predicted molar refractivity (Wildman–Crippen MR) is 127 cm³/mol. The Kier molecular flexibility index (Phi) is 5.52. The van der Waals surface area contributed by atoms with Gasteiger partial charge in [0.2, 0.25) is 10.0 Å². The maximum absolute atomic E-state index is 11.6. The highest BCUT2D eigenvalue weighted by Gasteiger charge is 2.42. The lowest BCUT2D eigenvalue weighted by atomic mass is 10.00. The Morgan fingerprint density at radius 2 is 1.97 bits per heavy atom. The van der Waals surface area contributed by atoms with Gasteiger partial charge in [0, 0.05) is 16.8 Å². The van der Waals surface area contributed by atoms with Crippen molar-refractivity contribution < 1.29 is 8.42 Å². The van der Waals surface area contributed by atoms with Crippen molar-refractivity contribution in [1.82, 2.24) is 10.3 Å². The second-order valence-electron chi connectivity index (χ2n) is 7.34. The van der Waals surface area contributed by atoms with Crippen LogP contribution in [0.2, 0.25) is 0 Å². The van der Waals surface area contributed by atoms with Gasteiger partial charge in [0.05, 0.1) is 29.7 Å². The van der Waals surface area contributed by atoms with Crippen LogP contribution in [0, 0.1) is 13.8 Å². The molecule has 4 rings (SSSR count).